The van der Waals surface area contributed by atoms with Crippen molar-refractivity contribution in [2.75, 3.05) is 50.1 Å². The molecule has 0 unspecified atom stereocenters. The van der Waals surface area contributed by atoms with E-state index in [0.717, 1.165) is 85.2 Å². The van der Waals surface area contributed by atoms with E-state index in [-0.39, 0.29) is 0 Å². The first kappa shape index (κ1) is 20.0. The molecule has 0 aliphatic carbocycles. The van der Waals surface area contributed by atoms with Gasteiger partial charge in [0, 0.05) is 61.3 Å². The van der Waals surface area contributed by atoms with Crippen molar-refractivity contribution < 1.29 is 4.74 Å². The molecule has 0 radical (unpaired) electrons. The maximum atomic E-state index is 5.79. The lowest BCUT2D eigenvalue weighted by Gasteiger charge is -2.33. The van der Waals surface area contributed by atoms with Crippen molar-refractivity contribution in [1.82, 2.24) is 24.8 Å². The van der Waals surface area contributed by atoms with Crippen LogP contribution in [-0.2, 0) is 6.42 Å². The Labute approximate surface area is 192 Å². The van der Waals surface area contributed by atoms with E-state index in [4.69, 9.17) is 14.7 Å². The number of aromatic nitrogens is 4. The lowest BCUT2D eigenvalue weighted by Crippen LogP contribution is -2.44. The first-order valence-electron chi connectivity index (χ1n) is 11.5. The zero-order valence-corrected chi connectivity index (χ0v) is 18.7. The molecule has 1 fully saturated rings. The van der Waals surface area contributed by atoms with E-state index in [2.05, 4.69) is 56.4 Å². The fourth-order valence-electron chi connectivity index (χ4n) is 4.56. The Morgan fingerprint density at radius 2 is 1.94 bits per heavy atom. The van der Waals surface area contributed by atoms with Crippen LogP contribution in [0.2, 0.25) is 0 Å². The second-order valence-corrected chi connectivity index (χ2v) is 8.73. The lowest BCUT2D eigenvalue weighted by atomic mass is 10.0. The van der Waals surface area contributed by atoms with Crippen LogP contribution in [0.5, 0.6) is 5.75 Å². The molecule has 168 valence electrons. The number of piperazine rings is 1. The highest BCUT2D eigenvalue weighted by Crippen LogP contribution is 2.33. The van der Waals surface area contributed by atoms with E-state index in [1.165, 1.54) is 5.56 Å². The summed E-state index contributed by atoms with van der Waals surface area (Å²) in [5.41, 5.74) is 4.95. The van der Waals surface area contributed by atoms with Gasteiger partial charge in [0.05, 0.1) is 12.3 Å². The second-order valence-electron chi connectivity index (χ2n) is 8.73. The molecule has 8 nitrogen and oxygen atoms in total. The van der Waals surface area contributed by atoms with E-state index in [1.807, 2.05) is 24.5 Å². The molecular weight excluding hydrogens is 414 g/mol. The Morgan fingerprint density at radius 3 is 2.85 bits per heavy atom. The van der Waals surface area contributed by atoms with E-state index >= 15 is 0 Å². The highest BCUT2D eigenvalue weighted by atomic mass is 16.5. The van der Waals surface area contributed by atoms with Gasteiger partial charge in [0.25, 0.3) is 0 Å². The number of benzene rings is 1. The summed E-state index contributed by atoms with van der Waals surface area (Å²) < 4.78 is 5.79. The molecule has 1 saturated heterocycles. The van der Waals surface area contributed by atoms with E-state index < -0.39 is 0 Å². The van der Waals surface area contributed by atoms with Crippen molar-refractivity contribution in [3.05, 3.63) is 54.4 Å². The van der Waals surface area contributed by atoms with Crippen molar-refractivity contribution in [2.24, 2.45) is 0 Å². The summed E-state index contributed by atoms with van der Waals surface area (Å²) in [6, 6.07) is 12.4. The van der Waals surface area contributed by atoms with Gasteiger partial charge in [-0.2, -0.15) is 4.98 Å². The van der Waals surface area contributed by atoms with Gasteiger partial charge in [-0.3, -0.25) is 0 Å². The molecular formula is C25H27N7O. The fraction of sp³-hybridized carbons (Fsp3) is 0.320. The van der Waals surface area contributed by atoms with E-state index in [1.54, 1.807) is 0 Å². The van der Waals surface area contributed by atoms with Gasteiger partial charge in [0.15, 0.2) is 0 Å². The summed E-state index contributed by atoms with van der Waals surface area (Å²) in [5.74, 6) is 2.52. The first-order valence-corrected chi connectivity index (χ1v) is 11.5. The molecule has 5 heterocycles. The Bertz CT molecular complexity index is 1290. The number of H-pyrrole nitrogens is 1. The molecule has 8 heteroatoms. The average Bonchev–Trinajstić information content (AvgIpc) is 3.33. The Kier molecular flexibility index (Phi) is 5.07. The van der Waals surface area contributed by atoms with Crippen LogP contribution in [0.25, 0.3) is 22.3 Å². The minimum atomic E-state index is 0.560. The minimum absolute atomic E-state index is 0.560. The standard InChI is InChI=1S/C25H27N7O/c1-31-10-12-32(13-11-31)22-16-19(6-8-26-22)28-25-29-23(20-7-9-27-24(20)30-25)18-4-5-21-17(15-18)3-2-14-33-21/h4-9,15-16H,2-3,10-14H2,1H3,(H2,26,27,28,29,30). The molecule has 6 rings (SSSR count). The third-order valence-corrected chi connectivity index (χ3v) is 6.43. The molecule has 2 N–H and O–H groups in total. The van der Waals surface area contributed by atoms with Gasteiger partial charge >= 0.3 is 0 Å². The zero-order valence-electron chi connectivity index (χ0n) is 18.7. The molecule has 4 aromatic rings. The highest BCUT2D eigenvalue weighted by molar-refractivity contribution is 5.92. The minimum Gasteiger partial charge on any atom is -0.493 e. The number of pyridine rings is 1. The molecule has 0 atom stereocenters. The van der Waals surface area contributed by atoms with Crippen LogP contribution in [0.1, 0.15) is 12.0 Å². The zero-order chi connectivity index (χ0) is 22.2. The van der Waals surface area contributed by atoms with Crippen molar-refractivity contribution >= 4 is 28.5 Å². The number of hydrogen-bond donors (Lipinski definition) is 2. The van der Waals surface area contributed by atoms with Gasteiger partial charge in [0.2, 0.25) is 5.95 Å². The van der Waals surface area contributed by atoms with Gasteiger partial charge in [0.1, 0.15) is 17.2 Å². The SMILES string of the molecule is CN1CCN(c2cc(Nc3nc(-c4ccc5c(c4)CCCO5)c4cc[nH]c4n3)ccn2)CC1. The number of rotatable bonds is 4. The number of nitrogens with zero attached hydrogens (tertiary/aromatic N) is 5. The molecule has 2 aliphatic heterocycles. The number of aryl methyl sites for hydroxylation is 1. The molecule has 0 spiro atoms. The molecule has 0 saturated carbocycles. The maximum Gasteiger partial charge on any atom is 0.229 e. The molecule has 2 aliphatic rings. The van der Waals surface area contributed by atoms with Gasteiger partial charge < -0.3 is 24.8 Å². The molecule has 1 aromatic carbocycles. The Balaban J connectivity index is 1.32. The van der Waals surface area contributed by atoms with Crippen LogP contribution in [0.3, 0.4) is 0 Å². The molecule has 0 bridgehead atoms. The van der Waals surface area contributed by atoms with Crippen LogP contribution in [-0.4, -0.2) is 64.7 Å². The molecule has 33 heavy (non-hydrogen) atoms. The largest absolute Gasteiger partial charge is 0.493 e. The summed E-state index contributed by atoms with van der Waals surface area (Å²) >= 11 is 0. The summed E-state index contributed by atoms with van der Waals surface area (Å²) in [4.78, 5) is 22.1. The average molecular weight is 442 g/mol. The fourth-order valence-corrected chi connectivity index (χ4v) is 4.56. The second kappa shape index (κ2) is 8.37. The van der Waals surface area contributed by atoms with Crippen LogP contribution in [0.4, 0.5) is 17.5 Å². The number of aromatic amines is 1. The van der Waals surface area contributed by atoms with Gasteiger partial charge in [-0.15, -0.1) is 0 Å². The van der Waals surface area contributed by atoms with Gasteiger partial charge in [-0.25, -0.2) is 9.97 Å². The van der Waals surface area contributed by atoms with Gasteiger partial charge in [-0.1, -0.05) is 0 Å². The molecule has 0 amide bonds. The van der Waals surface area contributed by atoms with Gasteiger partial charge in [-0.05, 0) is 55.8 Å². The third-order valence-electron chi connectivity index (χ3n) is 6.43. The number of hydrogen-bond acceptors (Lipinski definition) is 7. The van der Waals surface area contributed by atoms with Crippen LogP contribution in [0.15, 0.2) is 48.8 Å². The van der Waals surface area contributed by atoms with Crippen molar-refractivity contribution in [1.29, 1.82) is 0 Å². The van der Waals surface area contributed by atoms with Crippen molar-refractivity contribution in [2.45, 2.75) is 12.8 Å². The first-order chi connectivity index (χ1) is 16.2. The van der Waals surface area contributed by atoms with Crippen molar-refractivity contribution in [3.8, 4) is 17.0 Å². The number of anilines is 3. The van der Waals surface area contributed by atoms with Crippen molar-refractivity contribution in [3.63, 3.8) is 0 Å². The van der Waals surface area contributed by atoms with Crippen LogP contribution in [0, 0.1) is 0 Å². The predicted molar refractivity (Wildman–Crippen MR) is 130 cm³/mol. The normalized spacial score (nSPS) is 16.5. The van der Waals surface area contributed by atoms with E-state index in [9.17, 15) is 0 Å². The topological polar surface area (TPSA) is 82.2 Å². The Morgan fingerprint density at radius 1 is 1.03 bits per heavy atom. The number of ether oxygens (including phenoxy) is 1. The summed E-state index contributed by atoms with van der Waals surface area (Å²) in [6.45, 7) is 4.83. The summed E-state index contributed by atoms with van der Waals surface area (Å²) in [5, 5.41) is 4.41. The number of fused-ring (bicyclic) bond motifs is 2. The summed E-state index contributed by atoms with van der Waals surface area (Å²) in [6.07, 6.45) is 5.83. The molecule has 3 aromatic heterocycles. The number of likely N-dealkylation sites (N-methyl/N-ethyl adjacent to an activating group) is 1. The Hall–Kier alpha value is -3.65. The lowest BCUT2D eigenvalue weighted by molar-refractivity contribution is 0.288. The monoisotopic (exact) mass is 441 g/mol. The van der Waals surface area contributed by atoms with E-state index in [0.29, 0.717) is 5.95 Å². The predicted octanol–water partition coefficient (Wildman–Crippen LogP) is 3.84. The smallest absolute Gasteiger partial charge is 0.229 e. The summed E-state index contributed by atoms with van der Waals surface area (Å²) in [7, 11) is 2.16. The highest BCUT2D eigenvalue weighted by Gasteiger charge is 2.17. The third kappa shape index (κ3) is 3.98. The number of nitrogens with one attached hydrogen (secondary N) is 2. The van der Waals surface area contributed by atoms with Crippen LogP contribution < -0.4 is 15.0 Å². The quantitative estimate of drug-likeness (QED) is 0.498. The van der Waals surface area contributed by atoms with Crippen LogP contribution >= 0.6 is 0 Å². The maximum absolute atomic E-state index is 5.79.